The second-order valence-electron chi connectivity index (χ2n) is 4.21. The molecule has 0 radical (unpaired) electrons. The number of nitrogens with zero attached hydrogens (tertiary/aromatic N) is 2. The van der Waals surface area contributed by atoms with Crippen LogP contribution in [0, 0.1) is 6.92 Å². The molecule has 0 aliphatic rings. The monoisotopic (exact) mass is 352 g/mol. The zero-order chi connectivity index (χ0) is 13.0. The predicted molar refractivity (Wildman–Crippen MR) is 72.4 cm³/mol. The number of hydrogen-bond acceptors (Lipinski definition) is 3. The highest BCUT2D eigenvalue weighted by molar-refractivity contribution is 14.1. The van der Waals surface area contributed by atoms with E-state index in [-0.39, 0.29) is 12.3 Å². The van der Waals surface area contributed by atoms with Gasteiger partial charge < -0.3 is 8.17 Å². The van der Waals surface area contributed by atoms with E-state index < -0.39 is 5.97 Å². The Kier molecular flexibility index (Phi) is 5.38. The average Bonchev–Trinajstić information content (AvgIpc) is 2.53. The normalized spacial score (nSPS) is 11.1. The van der Waals surface area contributed by atoms with Gasteiger partial charge in [-0.1, -0.05) is 13.8 Å². The van der Waals surface area contributed by atoms with E-state index in [1.807, 2.05) is 48.5 Å². The van der Waals surface area contributed by atoms with Crippen LogP contribution in [0.15, 0.2) is 0 Å². The van der Waals surface area contributed by atoms with Crippen LogP contribution in [0.3, 0.4) is 0 Å². The summed E-state index contributed by atoms with van der Waals surface area (Å²) in [5.41, 5.74) is 2.63. The molecule has 1 heterocycles. The molecule has 6 heteroatoms. The standard InChI is InChI=1S/C11H17IN2O3/c1-7(2)11-9(6-10(15)16)8(3)14(13-11)4-5-17-12/h7H,4-6H2,1-3H3,(H,15,16). The Balaban J connectivity index is 3.06. The lowest BCUT2D eigenvalue weighted by atomic mass is 10.0. The third kappa shape index (κ3) is 3.67. The van der Waals surface area contributed by atoms with Crippen molar-refractivity contribution < 1.29 is 13.0 Å². The molecule has 0 unspecified atom stereocenters. The third-order valence-electron chi connectivity index (χ3n) is 2.62. The van der Waals surface area contributed by atoms with Crippen LogP contribution in [0.4, 0.5) is 0 Å². The molecule has 1 aromatic heterocycles. The maximum atomic E-state index is 10.9. The first-order chi connectivity index (χ1) is 7.97. The molecule has 1 rings (SSSR count). The number of hydrogen-bond donors (Lipinski definition) is 1. The maximum Gasteiger partial charge on any atom is 0.307 e. The fraction of sp³-hybridized carbons (Fsp3) is 0.636. The second-order valence-corrected chi connectivity index (χ2v) is 4.83. The van der Waals surface area contributed by atoms with Crippen molar-refractivity contribution in [3.63, 3.8) is 0 Å². The Morgan fingerprint density at radius 2 is 2.24 bits per heavy atom. The highest BCUT2D eigenvalue weighted by atomic mass is 127. The molecule has 0 aliphatic heterocycles. The van der Waals surface area contributed by atoms with Crippen molar-refractivity contribution in [2.75, 3.05) is 6.61 Å². The molecular formula is C11H17IN2O3. The summed E-state index contributed by atoms with van der Waals surface area (Å²) in [6.07, 6.45) is 0.0322. The summed E-state index contributed by atoms with van der Waals surface area (Å²) in [6.45, 7) is 7.16. The van der Waals surface area contributed by atoms with Gasteiger partial charge in [0.2, 0.25) is 0 Å². The van der Waals surface area contributed by atoms with E-state index in [0.717, 1.165) is 17.0 Å². The van der Waals surface area contributed by atoms with Gasteiger partial charge in [-0.2, -0.15) is 5.10 Å². The van der Waals surface area contributed by atoms with E-state index in [1.165, 1.54) is 0 Å². The highest BCUT2D eigenvalue weighted by Crippen LogP contribution is 2.22. The fourth-order valence-electron chi connectivity index (χ4n) is 1.78. The Morgan fingerprint density at radius 3 is 2.71 bits per heavy atom. The van der Waals surface area contributed by atoms with Gasteiger partial charge in [-0.15, -0.1) is 0 Å². The van der Waals surface area contributed by atoms with E-state index in [1.54, 1.807) is 0 Å². The van der Waals surface area contributed by atoms with Crippen LogP contribution >= 0.6 is 23.0 Å². The van der Waals surface area contributed by atoms with Crippen molar-refractivity contribution in [3.05, 3.63) is 17.0 Å². The number of rotatable bonds is 6. The van der Waals surface area contributed by atoms with Crippen LogP contribution in [0.2, 0.25) is 0 Å². The second kappa shape index (κ2) is 6.34. The van der Waals surface area contributed by atoms with E-state index in [0.29, 0.717) is 13.2 Å². The number of aliphatic carboxylic acids is 1. The van der Waals surface area contributed by atoms with Crippen LogP contribution in [0.25, 0.3) is 0 Å². The molecule has 0 spiro atoms. The molecule has 0 aliphatic carbocycles. The van der Waals surface area contributed by atoms with Gasteiger partial charge in [0.05, 0.1) is 25.3 Å². The van der Waals surface area contributed by atoms with Gasteiger partial charge in [0.15, 0.2) is 0 Å². The molecule has 96 valence electrons. The molecule has 0 saturated carbocycles. The van der Waals surface area contributed by atoms with Crippen LogP contribution in [-0.2, 0) is 20.8 Å². The van der Waals surface area contributed by atoms with Crippen molar-refractivity contribution >= 4 is 29.0 Å². The quantitative estimate of drug-likeness (QED) is 0.798. The summed E-state index contributed by atoms with van der Waals surface area (Å²) < 4.78 is 6.81. The molecule has 17 heavy (non-hydrogen) atoms. The molecule has 0 aromatic carbocycles. The summed E-state index contributed by atoms with van der Waals surface area (Å²) in [4.78, 5) is 10.9. The molecule has 1 aromatic rings. The average molecular weight is 352 g/mol. The lowest BCUT2D eigenvalue weighted by Crippen LogP contribution is -2.07. The van der Waals surface area contributed by atoms with E-state index >= 15 is 0 Å². The minimum absolute atomic E-state index is 0.0322. The lowest BCUT2D eigenvalue weighted by Gasteiger charge is -2.03. The zero-order valence-electron chi connectivity index (χ0n) is 10.2. The first-order valence-electron chi connectivity index (χ1n) is 5.48. The van der Waals surface area contributed by atoms with E-state index in [2.05, 4.69) is 5.10 Å². The summed E-state index contributed by atoms with van der Waals surface area (Å²) in [5.74, 6) is -0.593. The summed E-state index contributed by atoms with van der Waals surface area (Å²) in [5, 5.41) is 13.4. The van der Waals surface area contributed by atoms with Gasteiger partial charge in [-0.05, 0) is 12.8 Å². The number of aromatic nitrogens is 2. The highest BCUT2D eigenvalue weighted by Gasteiger charge is 2.19. The van der Waals surface area contributed by atoms with Crippen LogP contribution in [-0.4, -0.2) is 27.5 Å². The fourth-order valence-corrected chi connectivity index (χ4v) is 1.98. The van der Waals surface area contributed by atoms with Crippen LogP contribution in [0.5, 0.6) is 0 Å². The summed E-state index contributed by atoms with van der Waals surface area (Å²) >= 11 is 1.84. The van der Waals surface area contributed by atoms with Gasteiger partial charge in [0.1, 0.15) is 23.0 Å². The van der Waals surface area contributed by atoms with E-state index in [9.17, 15) is 4.79 Å². The smallest absolute Gasteiger partial charge is 0.307 e. The largest absolute Gasteiger partial charge is 0.481 e. The van der Waals surface area contributed by atoms with Gasteiger partial charge in [0, 0.05) is 11.3 Å². The van der Waals surface area contributed by atoms with Crippen molar-refractivity contribution in [2.45, 2.75) is 39.7 Å². The molecule has 0 saturated heterocycles. The minimum atomic E-state index is -0.820. The van der Waals surface area contributed by atoms with Crippen LogP contribution < -0.4 is 0 Å². The first kappa shape index (κ1) is 14.4. The molecule has 0 amide bonds. The molecule has 5 nitrogen and oxygen atoms in total. The first-order valence-corrected chi connectivity index (χ1v) is 6.37. The molecular weight excluding hydrogens is 335 g/mol. The van der Waals surface area contributed by atoms with Crippen molar-refractivity contribution in [2.24, 2.45) is 0 Å². The van der Waals surface area contributed by atoms with Gasteiger partial charge in [0.25, 0.3) is 0 Å². The molecule has 1 N–H and O–H groups in total. The minimum Gasteiger partial charge on any atom is -0.481 e. The number of carboxylic acids is 1. The summed E-state index contributed by atoms with van der Waals surface area (Å²) in [6, 6.07) is 0. The summed E-state index contributed by atoms with van der Waals surface area (Å²) in [7, 11) is 0. The Morgan fingerprint density at radius 1 is 1.59 bits per heavy atom. The van der Waals surface area contributed by atoms with Gasteiger partial charge in [-0.25, -0.2) is 0 Å². The molecule has 0 atom stereocenters. The van der Waals surface area contributed by atoms with Crippen molar-refractivity contribution in [3.8, 4) is 0 Å². The van der Waals surface area contributed by atoms with Gasteiger partial charge >= 0.3 is 5.97 Å². The number of carbonyl (C=O) groups is 1. The molecule has 0 bridgehead atoms. The lowest BCUT2D eigenvalue weighted by molar-refractivity contribution is -0.136. The Labute approximate surface area is 115 Å². The van der Waals surface area contributed by atoms with E-state index in [4.69, 9.17) is 8.17 Å². The Hall–Kier alpha value is -0.630. The SMILES string of the molecule is Cc1c(CC(=O)O)c(C(C)C)nn1CCOI. The topological polar surface area (TPSA) is 64.3 Å². The molecule has 0 fully saturated rings. The zero-order valence-corrected chi connectivity index (χ0v) is 12.4. The Bertz CT molecular complexity index is 402. The third-order valence-corrected chi connectivity index (χ3v) is 3.06. The van der Waals surface area contributed by atoms with Gasteiger partial charge in [-0.3, -0.25) is 9.48 Å². The predicted octanol–water partition coefficient (Wildman–Crippen LogP) is 2.31. The maximum absolute atomic E-state index is 10.9. The van der Waals surface area contributed by atoms with Crippen LogP contribution in [0.1, 0.15) is 36.7 Å². The van der Waals surface area contributed by atoms with Crippen molar-refractivity contribution in [1.82, 2.24) is 9.78 Å². The number of halogens is 1. The number of carboxylic acid groups (broad SMARTS) is 1. The van der Waals surface area contributed by atoms with Crippen molar-refractivity contribution in [1.29, 1.82) is 0 Å².